The number of hydrogen-bond donors (Lipinski definition) is 2. The molecule has 0 radical (unpaired) electrons. The van der Waals surface area contributed by atoms with E-state index in [1.807, 2.05) is 99.6 Å². The van der Waals surface area contributed by atoms with Gasteiger partial charge in [0.1, 0.15) is 11.4 Å². The third-order valence-corrected chi connectivity index (χ3v) is 10.9. The molecule has 63 heavy (non-hydrogen) atoms. The molecular weight excluding hydrogens is 789 g/mol. The Hall–Kier alpha value is -5.77. The summed E-state index contributed by atoms with van der Waals surface area (Å²) in [5.74, 6) is -0.233. The zero-order valence-electron chi connectivity index (χ0n) is 38.2. The van der Waals surface area contributed by atoms with E-state index in [-0.39, 0.29) is 12.5 Å². The Bertz CT molecular complexity index is 2130. The highest BCUT2D eigenvalue weighted by Gasteiger charge is 2.30. The topological polar surface area (TPSA) is 132 Å². The average Bonchev–Trinajstić information content (AvgIpc) is 3.96. The maximum absolute atomic E-state index is 12.6. The van der Waals surface area contributed by atoms with Crippen molar-refractivity contribution < 1.29 is 28.7 Å². The zero-order valence-corrected chi connectivity index (χ0v) is 38.2. The molecular formula is C53H68N4O6. The second-order valence-corrected chi connectivity index (χ2v) is 17.3. The van der Waals surface area contributed by atoms with Gasteiger partial charge in [0, 0.05) is 41.8 Å². The van der Waals surface area contributed by atoms with E-state index in [0.29, 0.717) is 24.5 Å². The molecule has 4 aromatic rings. The maximum atomic E-state index is 12.6. The van der Waals surface area contributed by atoms with Crippen molar-refractivity contribution in [3.8, 4) is 33.9 Å². The summed E-state index contributed by atoms with van der Waals surface area (Å²) in [5, 5.41) is 7.18. The Morgan fingerprint density at radius 2 is 1.22 bits per heavy atom. The standard InChI is InChI=1S/C53H68N4O6/c1-6-8-9-10-11-12-13-14-15-16-17-18-19-20-37-54-47(58)35-25-39-21-27-42(28-22-39)49-50(43-29-23-40(24-30-43)26-36-48(59)62-53(3,4)5)56-51(55-49)44-33-31-41(32-34-44)45-38-46(63-57-45)52(60)61-7-2/h21-36,46H,6-20,37-38H2,1-5H3,(H,54,58)(H,55,56). The summed E-state index contributed by atoms with van der Waals surface area (Å²) in [6.07, 6.45) is 24.5. The minimum atomic E-state index is -0.739. The Kier molecular flexibility index (Phi) is 19.4. The van der Waals surface area contributed by atoms with Gasteiger partial charge in [-0.2, -0.15) is 0 Å². The summed E-state index contributed by atoms with van der Waals surface area (Å²) in [7, 11) is 0. The van der Waals surface area contributed by atoms with Crippen LogP contribution in [-0.4, -0.2) is 58.4 Å². The number of carbonyl (C=O) groups is 3. The first kappa shape index (κ1) is 48.3. The van der Waals surface area contributed by atoms with Crippen molar-refractivity contribution in [2.45, 2.75) is 143 Å². The van der Waals surface area contributed by atoms with Crippen LogP contribution < -0.4 is 5.32 Å². The van der Waals surface area contributed by atoms with Gasteiger partial charge in [-0.15, -0.1) is 0 Å². The minimum Gasteiger partial charge on any atom is -0.463 e. The van der Waals surface area contributed by atoms with E-state index < -0.39 is 23.6 Å². The highest BCUT2D eigenvalue weighted by atomic mass is 16.7. The first-order valence-electron chi connectivity index (χ1n) is 23.2. The lowest BCUT2D eigenvalue weighted by Gasteiger charge is -2.17. The third-order valence-electron chi connectivity index (χ3n) is 10.9. The normalized spacial score (nSPS) is 13.9. The van der Waals surface area contributed by atoms with Gasteiger partial charge in [-0.25, -0.2) is 14.6 Å². The average molecular weight is 857 g/mol. The van der Waals surface area contributed by atoms with Crippen molar-refractivity contribution in [1.82, 2.24) is 15.3 Å². The molecule has 1 aliphatic heterocycles. The van der Waals surface area contributed by atoms with E-state index >= 15 is 0 Å². The lowest BCUT2D eigenvalue weighted by Crippen LogP contribution is -2.23. The second kappa shape index (κ2) is 25.4. The van der Waals surface area contributed by atoms with Crippen LogP contribution in [0.15, 0.2) is 90.1 Å². The quantitative estimate of drug-likeness (QED) is 0.0385. The van der Waals surface area contributed by atoms with Gasteiger partial charge >= 0.3 is 11.9 Å². The summed E-state index contributed by atoms with van der Waals surface area (Å²) in [5.41, 5.74) is 6.99. The Balaban J connectivity index is 1.18. The van der Waals surface area contributed by atoms with E-state index in [0.717, 1.165) is 57.6 Å². The molecule has 1 atom stereocenters. The number of nitrogens with zero attached hydrogens (tertiary/aromatic N) is 2. The zero-order chi connectivity index (χ0) is 44.9. The summed E-state index contributed by atoms with van der Waals surface area (Å²) in [6.45, 7) is 10.5. The summed E-state index contributed by atoms with van der Waals surface area (Å²) >= 11 is 0. The number of imidazole rings is 1. The van der Waals surface area contributed by atoms with E-state index in [2.05, 4.69) is 22.4 Å². The largest absolute Gasteiger partial charge is 0.463 e. The van der Waals surface area contributed by atoms with E-state index in [1.54, 1.807) is 19.1 Å². The Morgan fingerprint density at radius 1 is 0.698 bits per heavy atom. The number of amides is 1. The van der Waals surface area contributed by atoms with Crippen molar-refractivity contribution in [3.05, 3.63) is 102 Å². The van der Waals surface area contributed by atoms with Gasteiger partial charge in [-0.05, 0) is 63.0 Å². The van der Waals surface area contributed by atoms with Gasteiger partial charge in [0.15, 0.2) is 0 Å². The molecule has 336 valence electrons. The van der Waals surface area contributed by atoms with Gasteiger partial charge in [0.05, 0.1) is 23.7 Å². The monoisotopic (exact) mass is 857 g/mol. The molecule has 2 N–H and O–H groups in total. The lowest BCUT2D eigenvalue weighted by atomic mass is 10.0. The van der Waals surface area contributed by atoms with Crippen molar-refractivity contribution in [2.24, 2.45) is 5.16 Å². The molecule has 0 bridgehead atoms. The Morgan fingerprint density at radius 3 is 1.79 bits per heavy atom. The summed E-state index contributed by atoms with van der Waals surface area (Å²) < 4.78 is 10.5. The van der Waals surface area contributed by atoms with Gasteiger partial charge in [0.2, 0.25) is 12.0 Å². The number of nitrogens with one attached hydrogen (secondary N) is 2. The van der Waals surface area contributed by atoms with Crippen LogP contribution in [0.25, 0.3) is 46.1 Å². The van der Waals surface area contributed by atoms with Gasteiger partial charge in [-0.3, -0.25) is 4.79 Å². The number of ether oxygens (including phenoxy) is 2. The molecule has 1 unspecified atom stereocenters. The predicted molar refractivity (Wildman–Crippen MR) is 255 cm³/mol. The van der Waals surface area contributed by atoms with E-state index in [1.165, 1.54) is 83.1 Å². The van der Waals surface area contributed by atoms with Crippen LogP contribution in [0.5, 0.6) is 0 Å². The van der Waals surface area contributed by atoms with E-state index in [9.17, 15) is 14.4 Å². The number of benzene rings is 3. The molecule has 1 aliphatic rings. The predicted octanol–water partition coefficient (Wildman–Crippen LogP) is 12.4. The summed E-state index contributed by atoms with van der Waals surface area (Å²) in [4.78, 5) is 51.1. The van der Waals surface area contributed by atoms with Gasteiger partial charge in [-0.1, -0.05) is 168 Å². The van der Waals surface area contributed by atoms with Crippen LogP contribution >= 0.6 is 0 Å². The number of oxime groups is 1. The number of rotatable bonds is 25. The number of carbonyl (C=O) groups excluding carboxylic acids is 3. The molecule has 0 aliphatic carbocycles. The van der Waals surface area contributed by atoms with Crippen molar-refractivity contribution in [1.29, 1.82) is 0 Å². The molecule has 10 nitrogen and oxygen atoms in total. The third kappa shape index (κ3) is 16.5. The fourth-order valence-electron chi connectivity index (χ4n) is 7.43. The number of hydrogen-bond acceptors (Lipinski definition) is 8. The van der Waals surface area contributed by atoms with Crippen LogP contribution in [0.4, 0.5) is 0 Å². The number of H-pyrrole nitrogens is 1. The molecule has 1 aromatic heterocycles. The maximum Gasteiger partial charge on any atom is 0.350 e. The molecule has 2 heterocycles. The molecule has 1 amide bonds. The number of aromatic nitrogens is 2. The SMILES string of the molecule is CCCCCCCCCCCCCCCCNC(=O)C=Cc1ccc(-c2nc(-c3ccc(C4=NOC(C(=O)OCC)C4)cc3)[nH]c2-c2ccc(C=CC(=O)OC(C)(C)C)cc2)cc1. The highest BCUT2D eigenvalue weighted by Crippen LogP contribution is 2.34. The molecule has 0 saturated carbocycles. The number of aromatic amines is 1. The summed E-state index contributed by atoms with van der Waals surface area (Å²) in [6, 6.07) is 23.7. The molecule has 3 aromatic carbocycles. The first-order chi connectivity index (χ1) is 30.5. The molecule has 10 heteroatoms. The molecule has 0 fully saturated rings. The van der Waals surface area contributed by atoms with Crippen LogP contribution in [-0.2, 0) is 28.7 Å². The van der Waals surface area contributed by atoms with Crippen molar-refractivity contribution in [2.75, 3.05) is 13.2 Å². The highest BCUT2D eigenvalue weighted by molar-refractivity contribution is 6.03. The minimum absolute atomic E-state index is 0.0882. The second-order valence-electron chi connectivity index (χ2n) is 17.3. The van der Waals surface area contributed by atoms with E-state index in [4.69, 9.17) is 19.3 Å². The fourth-order valence-corrected chi connectivity index (χ4v) is 7.43. The van der Waals surface area contributed by atoms with Crippen LogP contribution in [0.2, 0.25) is 0 Å². The van der Waals surface area contributed by atoms with Gasteiger partial charge < -0.3 is 24.6 Å². The van der Waals surface area contributed by atoms with Crippen molar-refractivity contribution in [3.63, 3.8) is 0 Å². The lowest BCUT2D eigenvalue weighted by molar-refractivity contribution is -0.155. The van der Waals surface area contributed by atoms with Crippen LogP contribution in [0.3, 0.4) is 0 Å². The van der Waals surface area contributed by atoms with Crippen molar-refractivity contribution >= 4 is 35.7 Å². The van der Waals surface area contributed by atoms with Crippen LogP contribution in [0, 0.1) is 0 Å². The van der Waals surface area contributed by atoms with Gasteiger partial charge in [0.25, 0.3) is 0 Å². The number of unbranched alkanes of at least 4 members (excludes halogenated alkanes) is 13. The number of esters is 2. The smallest absolute Gasteiger partial charge is 0.350 e. The molecule has 0 saturated heterocycles. The fraction of sp³-hybridized carbons (Fsp3) is 0.453. The van der Waals surface area contributed by atoms with Crippen LogP contribution in [0.1, 0.15) is 148 Å². The first-order valence-corrected chi connectivity index (χ1v) is 23.2. The molecule has 5 rings (SSSR count). The molecule has 0 spiro atoms. The Labute approximate surface area is 375 Å².